The van der Waals surface area contributed by atoms with Crippen LogP contribution in [0.1, 0.15) is 0 Å². The first-order valence-electron chi connectivity index (χ1n) is 3.45. The summed E-state index contributed by atoms with van der Waals surface area (Å²) < 4.78 is 12.6. The van der Waals surface area contributed by atoms with Gasteiger partial charge >= 0.3 is 0 Å². The van der Waals surface area contributed by atoms with E-state index in [1.54, 1.807) is 0 Å². The summed E-state index contributed by atoms with van der Waals surface area (Å²) in [5.41, 5.74) is 0.395. The molecule has 0 radical (unpaired) electrons. The quantitative estimate of drug-likeness (QED) is 0.594. The van der Waals surface area contributed by atoms with E-state index >= 15 is 0 Å². The average molecular weight is 167 g/mol. The normalized spacial score (nSPS) is 14.6. The number of hydrogen-bond acceptors (Lipinski definition) is 3. The Morgan fingerprint density at radius 2 is 2.42 bits per heavy atom. The van der Waals surface area contributed by atoms with Gasteiger partial charge in [-0.3, -0.25) is 4.79 Å². The van der Waals surface area contributed by atoms with Gasteiger partial charge in [0.15, 0.2) is 0 Å². The Kier molecular flexibility index (Phi) is 1.43. The van der Waals surface area contributed by atoms with Gasteiger partial charge in [-0.2, -0.15) is 0 Å². The number of amides is 1. The molecule has 0 aliphatic carbocycles. The molecule has 12 heavy (non-hydrogen) atoms. The summed E-state index contributed by atoms with van der Waals surface area (Å²) >= 11 is 0. The van der Waals surface area contributed by atoms with E-state index in [-0.39, 0.29) is 12.5 Å². The number of aromatic nitrogens is 1. The van der Waals surface area contributed by atoms with E-state index in [2.05, 4.69) is 15.6 Å². The summed E-state index contributed by atoms with van der Waals surface area (Å²) in [6.45, 7) is 0.186. The topological polar surface area (TPSA) is 54.0 Å². The first kappa shape index (κ1) is 7.02. The van der Waals surface area contributed by atoms with Crippen molar-refractivity contribution >= 4 is 17.4 Å². The second-order valence-electron chi connectivity index (χ2n) is 2.45. The first-order chi connectivity index (χ1) is 5.75. The van der Waals surface area contributed by atoms with Crippen LogP contribution in [-0.4, -0.2) is 17.4 Å². The highest BCUT2D eigenvalue weighted by Gasteiger charge is 2.14. The van der Waals surface area contributed by atoms with Crippen LogP contribution < -0.4 is 10.6 Å². The average Bonchev–Trinajstić information content (AvgIpc) is 2.03. The van der Waals surface area contributed by atoms with Crippen LogP contribution in [0.4, 0.5) is 15.9 Å². The molecule has 0 fully saturated rings. The molecule has 1 amide bonds. The SMILES string of the molecule is O=C1CNc2ncc(F)cc2N1. The molecule has 1 aromatic heterocycles. The number of anilines is 2. The zero-order valence-electron chi connectivity index (χ0n) is 6.10. The van der Waals surface area contributed by atoms with Gasteiger partial charge in [0.2, 0.25) is 5.91 Å². The molecule has 1 aliphatic rings. The standard InChI is InChI=1S/C7H6FN3O/c8-4-1-5-7(9-2-4)10-3-6(12)11-5/h1-2H,3H2,(H,9,10)(H,11,12). The Labute approximate surface area is 67.8 Å². The highest BCUT2D eigenvalue weighted by Crippen LogP contribution is 2.21. The maximum atomic E-state index is 12.6. The fourth-order valence-corrected chi connectivity index (χ4v) is 1.03. The molecule has 5 heteroatoms. The highest BCUT2D eigenvalue weighted by atomic mass is 19.1. The van der Waals surface area contributed by atoms with E-state index in [1.807, 2.05) is 0 Å². The van der Waals surface area contributed by atoms with Gasteiger partial charge in [0, 0.05) is 6.07 Å². The van der Waals surface area contributed by atoms with Crippen molar-refractivity contribution in [3.63, 3.8) is 0 Å². The lowest BCUT2D eigenvalue weighted by Gasteiger charge is -2.16. The van der Waals surface area contributed by atoms with Crippen molar-refractivity contribution in [3.8, 4) is 0 Å². The third kappa shape index (κ3) is 1.09. The first-order valence-corrected chi connectivity index (χ1v) is 3.45. The number of rotatable bonds is 0. The number of nitrogens with one attached hydrogen (secondary N) is 2. The summed E-state index contributed by atoms with van der Waals surface area (Å²) in [6, 6.07) is 1.23. The van der Waals surface area contributed by atoms with Crippen molar-refractivity contribution in [2.75, 3.05) is 17.2 Å². The number of nitrogens with zero attached hydrogens (tertiary/aromatic N) is 1. The van der Waals surface area contributed by atoms with Gasteiger partial charge in [-0.1, -0.05) is 0 Å². The maximum absolute atomic E-state index is 12.6. The molecular weight excluding hydrogens is 161 g/mol. The fourth-order valence-electron chi connectivity index (χ4n) is 1.03. The fraction of sp³-hybridized carbons (Fsp3) is 0.143. The summed E-state index contributed by atoms with van der Waals surface area (Å²) in [6.07, 6.45) is 1.10. The minimum atomic E-state index is -0.460. The molecule has 2 heterocycles. The molecular formula is C7H6FN3O. The second-order valence-corrected chi connectivity index (χ2v) is 2.45. The van der Waals surface area contributed by atoms with E-state index in [4.69, 9.17) is 0 Å². The van der Waals surface area contributed by atoms with Crippen LogP contribution in [0.5, 0.6) is 0 Å². The zero-order chi connectivity index (χ0) is 8.55. The number of carbonyl (C=O) groups excluding carboxylic acids is 1. The van der Waals surface area contributed by atoms with Gasteiger partial charge in [-0.25, -0.2) is 9.37 Å². The smallest absolute Gasteiger partial charge is 0.243 e. The third-order valence-corrected chi connectivity index (χ3v) is 1.54. The van der Waals surface area contributed by atoms with E-state index in [0.717, 1.165) is 6.20 Å². The largest absolute Gasteiger partial charge is 0.359 e. The van der Waals surface area contributed by atoms with Crippen LogP contribution >= 0.6 is 0 Å². The summed E-state index contributed by atoms with van der Waals surface area (Å²) in [5, 5.41) is 5.25. The Morgan fingerprint density at radius 3 is 3.25 bits per heavy atom. The number of hydrogen-bond donors (Lipinski definition) is 2. The number of carbonyl (C=O) groups is 1. The van der Waals surface area contributed by atoms with Gasteiger partial charge in [0.05, 0.1) is 18.4 Å². The number of fused-ring (bicyclic) bond motifs is 1. The Bertz CT molecular complexity index is 339. The summed E-state index contributed by atoms with van der Waals surface area (Å²) in [5.74, 6) is -0.136. The molecule has 0 saturated carbocycles. The van der Waals surface area contributed by atoms with Gasteiger partial charge in [-0.15, -0.1) is 0 Å². The van der Waals surface area contributed by atoms with Crippen molar-refractivity contribution in [1.29, 1.82) is 0 Å². The minimum Gasteiger partial charge on any atom is -0.359 e. The lowest BCUT2D eigenvalue weighted by Crippen LogP contribution is -2.28. The van der Waals surface area contributed by atoms with Crippen molar-refractivity contribution in [2.24, 2.45) is 0 Å². The molecule has 0 saturated heterocycles. The number of halogens is 1. The monoisotopic (exact) mass is 167 g/mol. The maximum Gasteiger partial charge on any atom is 0.243 e. The lowest BCUT2D eigenvalue weighted by atomic mass is 10.3. The van der Waals surface area contributed by atoms with Crippen LogP contribution in [0.3, 0.4) is 0 Å². The van der Waals surface area contributed by atoms with E-state index in [1.165, 1.54) is 6.07 Å². The minimum absolute atomic E-state index is 0.185. The zero-order valence-corrected chi connectivity index (χ0v) is 6.10. The highest BCUT2D eigenvalue weighted by molar-refractivity contribution is 5.99. The van der Waals surface area contributed by atoms with E-state index in [9.17, 15) is 9.18 Å². The van der Waals surface area contributed by atoms with Crippen molar-refractivity contribution in [2.45, 2.75) is 0 Å². The van der Waals surface area contributed by atoms with Gasteiger partial charge in [-0.05, 0) is 0 Å². The molecule has 0 atom stereocenters. The summed E-state index contributed by atoms with van der Waals surface area (Å²) in [4.78, 5) is 14.6. The van der Waals surface area contributed by atoms with Crippen LogP contribution in [0.15, 0.2) is 12.3 Å². The molecule has 0 spiro atoms. The Morgan fingerprint density at radius 1 is 1.58 bits per heavy atom. The van der Waals surface area contributed by atoms with E-state index in [0.29, 0.717) is 11.5 Å². The Hall–Kier alpha value is -1.65. The van der Waals surface area contributed by atoms with Crippen molar-refractivity contribution < 1.29 is 9.18 Å². The number of pyridine rings is 1. The lowest BCUT2D eigenvalue weighted by molar-refractivity contribution is -0.114. The Balaban J connectivity index is 2.44. The molecule has 0 aromatic carbocycles. The van der Waals surface area contributed by atoms with Crippen LogP contribution in [0.2, 0.25) is 0 Å². The molecule has 4 nitrogen and oxygen atoms in total. The van der Waals surface area contributed by atoms with Gasteiger partial charge < -0.3 is 10.6 Å². The van der Waals surface area contributed by atoms with Crippen LogP contribution in [0, 0.1) is 5.82 Å². The predicted molar refractivity (Wildman–Crippen MR) is 41.3 cm³/mol. The molecule has 2 rings (SSSR count). The molecule has 1 aliphatic heterocycles. The molecule has 0 unspecified atom stereocenters. The van der Waals surface area contributed by atoms with Gasteiger partial charge in [0.1, 0.15) is 11.6 Å². The molecule has 1 aromatic rings. The molecule has 2 N–H and O–H groups in total. The molecule has 0 bridgehead atoms. The summed E-state index contributed by atoms with van der Waals surface area (Å²) in [7, 11) is 0. The predicted octanol–water partition coefficient (Wildman–Crippen LogP) is 0.585. The van der Waals surface area contributed by atoms with Crippen LogP contribution in [-0.2, 0) is 4.79 Å². The second kappa shape index (κ2) is 2.44. The molecule has 62 valence electrons. The van der Waals surface area contributed by atoms with Crippen molar-refractivity contribution in [1.82, 2.24) is 4.98 Å². The van der Waals surface area contributed by atoms with Crippen molar-refractivity contribution in [3.05, 3.63) is 18.1 Å². The van der Waals surface area contributed by atoms with Gasteiger partial charge in [0.25, 0.3) is 0 Å². The third-order valence-electron chi connectivity index (χ3n) is 1.54. The van der Waals surface area contributed by atoms with Crippen LogP contribution in [0.25, 0.3) is 0 Å². The van der Waals surface area contributed by atoms with E-state index < -0.39 is 5.82 Å².